The SMILES string of the molecule is COCc1ccc(C(=O)O[C@@H](C)C(=O)N[C@](C)(C#N)C(C)C)cc1. The van der Waals surface area contributed by atoms with Gasteiger partial charge in [-0.25, -0.2) is 4.79 Å². The number of rotatable bonds is 7. The molecule has 0 saturated carbocycles. The summed E-state index contributed by atoms with van der Waals surface area (Å²) in [5.41, 5.74) is 0.266. The average Bonchev–Trinajstić information content (AvgIpc) is 2.55. The smallest absolute Gasteiger partial charge is 0.338 e. The summed E-state index contributed by atoms with van der Waals surface area (Å²) in [6.07, 6.45) is -0.998. The Balaban J connectivity index is 2.69. The number of carbonyl (C=O) groups excluding carboxylic acids is 2. The molecule has 0 fully saturated rings. The van der Waals surface area contributed by atoms with E-state index in [1.165, 1.54) is 6.92 Å². The second-order valence-corrected chi connectivity index (χ2v) is 6.14. The van der Waals surface area contributed by atoms with Crippen molar-refractivity contribution in [3.63, 3.8) is 0 Å². The first-order valence-electron chi connectivity index (χ1n) is 7.75. The van der Waals surface area contributed by atoms with Gasteiger partial charge in [0.1, 0.15) is 5.54 Å². The summed E-state index contributed by atoms with van der Waals surface area (Å²) in [6, 6.07) is 8.84. The number of hydrogen-bond donors (Lipinski definition) is 1. The molecule has 2 atom stereocenters. The van der Waals surface area contributed by atoms with Crippen LogP contribution in [0.5, 0.6) is 0 Å². The number of amides is 1. The number of benzene rings is 1. The van der Waals surface area contributed by atoms with Crippen molar-refractivity contribution in [2.45, 2.75) is 45.9 Å². The van der Waals surface area contributed by atoms with Crippen LogP contribution in [0.15, 0.2) is 24.3 Å². The first-order chi connectivity index (χ1) is 11.2. The van der Waals surface area contributed by atoms with Crippen LogP contribution in [0.25, 0.3) is 0 Å². The maximum atomic E-state index is 12.2. The topological polar surface area (TPSA) is 88.4 Å². The number of nitrogens with one attached hydrogen (secondary N) is 1. The minimum atomic E-state index is -1.01. The molecule has 0 heterocycles. The zero-order valence-electron chi connectivity index (χ0n) is 14.8. The Morgan fingerprint density at radius 1 is 1.25 bits per heavy atom. The van der Waals surface area contributed by atoms with Gasteiger partial charge >= 0.3 is 5.97 Å². The quantitative estimate of drug-likeness (QED) is 0.775. The van der Waals surface area contributed by atoms with E-state index in [1.807, 2.05) is 13.8 Å². The molecule has 0 bridgehead atoms. The van der Waals surface area contributed by atoms with Crippen molar-refractivity contribution in [3.05, 3.63) is 35.4 Å². The Morgan fingerprint density at radius 2 is 1.83 bits per heavy atom. The third-order valence-electron chi connectivity index (χ3n) is 3.92. The van der Waals surface area contributed by atoms with Crippen molar-refractivity contribution in [1.29, 1.82) is 5.26 Å². The van der Waals surface area contributed by atoms with E-state index in [0.29, 0.717) is 12.2 Å². The van der Waals surface area contributed by atoms with Crippen molar-refractivity contribution in [1.82, 2.24) is 5.32 Å². The van der Waals surface area contributed by atoms with E-state index in [0.717, 1.165) is 5.56 Å². The Labute approximate surface area is 142 Å². The fourth-order valence-electron chi connectivity index (χ4n) is 1.84. The average molecular weight is 332 g/mol. The molecule has 0 spiro atoms. The largest absolute Gasteiger partial charge is 0.449 e. The molecule has 0 aliphatic rings. The minimum absolute atomic E-state index is 0.0809. The predicted octanol–water partition coefficient (Wildman–Crippen LogP) is 2.43. The molecular weight excluding hydrogens is 308 g/mol. The molecule has 1 aromatic rings. The number of nitrogens with zero attached hydrogens (tertiary/aromatic N) is 1. The minimum Gasteiger partial charge on any atom is -0.449 e. The number of esters is 1. The van der Waals surface area contributed by atoms with E-state index in [1.54, 1.807) is 38.3 Å². The summed E-state index contributed by atoms with van der Waals surface area (Å²) >= 11 is 0. The lowest BCUT2D eigenvalue weighted by Crippen LogP contribution is -2.52. The van der Waals surface area contributed by atoms with Crippen LogP contribution < -0.4 is 5.32 Å². The highest BCUT2D eigenvalue weighted by Crippen LogP contribution is 2.16. The van der Waals surface area contributed by atoms with Crippen LogP contribution in [0.3, 0.4) is 0 Å². The number of hydrogen-bond acceptors (Lipinski definition) is 5. The summed E-state index contributed by atoms with van der Waals surface area (Å²) in [5, 5.41) is 11.9. The van der Waals surface area contributed by atoms with E-state index in [9.17, 15) is 14.9 Å². The Kier molecular flexibility index (Phi) is 6.93. The van der Waals surface area contributed by atoms with Gasteiger partial charge in [0.2, 0.25) is 0 Å². The summed E-state index contributed by atoms with van der Waals surface area (Å²) in [7, 11) is 1.59. The van der Waals surface area contributed by atoms with Crippen molar-refractivity contribution in [2.75, 3.05) is 7.11 Å². The molecule has 24 heavy (non-hydrogen) atoms. The maximum absolute atomic E-state index is 12.2. The second-order valence-electron chi connectivity index (χ2n) is 6.14. The molecule has 0 aliphatic carbocycles. The van der Waals surface area contributed by atoms with E-state index in [-0.39, 0.29) is 5.92 Å². The molecule has 1 rings (SSSR count). The van der Waals surface area contributed by atoms with Gasteiger partial charge in [0.25, 0.3) is 5.91 Å². The van der Waals surface area contributed by atoms with Crippen LogP contribution in [-0.4, -0.2) is 30.6 Å². The lowest BCUT2D eigenvalue weighted by molar-refractivity contribution is -0.130. The van der Waals surface area contributed by atoms with Gasteiger partial charge in [0, 0.05) is 7.11 Å². The molecule has 0 saturated heterocycles. The predicted molar refractivity (Wildman–Crippen MR) is 89.0 cm³/mol. The van der Waals surface area contributed by atoms with Gasteiger partial charge in [-0.2, -0.15) is 5.26 Å². The fraction of sp³-hybridized carbons (Fsp3) is 0.500. The number of methoxy groups -OCH3 is 1. The normalized spacial score (nSPS) is 14.4. The Bertz CT molecular complexity index is 619. The third kappa shape index (κ3) is 5.07. The first-order valence-corrected chi connectivity index (χ1v) is 7.75. The molecule has 0 unspecified atom stereocenters. The van der Waals surface area contributed by atoms with Crippen LogP contribution in [0.1, 0.15) is 43.6 Å². The summed E-state index contributed by atoms with van der Waals surface area (Å²) in [5.74, 6) is -1.18. The molecule has 0 aromatic heterocycles. The molecule has 0 radical (unpaired) electrons. The lowest BCUT2D eigenvalue weighted by atomic mass is 9.90. The lowest BCUT2D eigenvalue weighted by Gasteiger charge is -2.28. The molecule has 1 amide bonds. The molecule has 130 valence electrons. The first kappa shape index (κ1) is 19.7. The fourth-order valence-corrected chi connectivity index (χ4v) is 1.84. The maximum Gasteiger partial charge on any atom is 0.338 e. The summed E-state index contributed by atoms with van der Waals surface area (Å²) in [4.78, 5) is 24.3. The van der Waals surface area contributed by atoms with Crippen molar-refractivity contribution < 1.29 is 19.1 Å². The van der Waals surface area contributed by atoms with Crippen LogP contribution in [0.4, 0.5) is 0 Å². The number of carbonyl (C=O) groups is 2. The molecule has 6 heteroatoms. The molecular formula is C18H24N2O4. The van der Waals surface area contributed by atoms with Gasteiger partial charge in [0.15, 0.2) is 6.10 Å². The highest BCUT2D eigenvalue weighted by atomic mass is 16.5. The van der Waals surface area contributed by atoms with Gasteiger partial charge in [-0.1, -0.05) is 26.0 Å². The highest BCUT2D eigenvalue weighted by molar-refractivity contribution is 5.92. The molecule has 6 nitrogen and oxygen atoms in total. The van der Waals surface area contributed by atoms with Crippen LogP contribution >= 0.6 is 0 Å². The van der Waals surface area contributed by atoms with Gasteiger partial charge in [-0.3, -0.25) is 4.79 Å². The van der Waals surface area contributed by atoms with E-state index < -0.39 is 23.5 Å². The van der Waals surface area contributed by atoms with Gasteiger partial charge < -0.3 is 14.8 Å². The highest BCUT2D eigenvalue weighted by Gasteiger charge is 2.32. The molecule has 0 aliphatic heterocycles. The van der Waals surface area contributed by atoms with Crippen LogP contribution in [0, 0.1) is 17.2 Å². The summed E-state index contributed by atoms with van der Waals surface area (Å²) < 4.78 is 10.2. The van der Waals surface area contributed by atoms with E-state index in [2.05, 4.69) is 11.4 Å². The third-order valence-corrected chi connectivity index (χ3v) is 3.92. The van der Waals surface area contributed by atoms with Crippen molar-refractivity contribution in [3.8, 4) is 6.07 Å². The summed E-state index contributed by atoms with van der Waals surface area (Å²) in [6.45, 7) is 7.24. The second kappa shape index (κ2) is 8.46. The van der Waals surface area contributed by atoms with Crippen LogP contribution in [0.2, 0.25) is 0 Å². The van der Waals surface area contributed by atoms with Crippen LogP contribution in [-0.2, 0) is 20.9 Å². The zero-order chi connectivity index (χ0) is 18.3. The number of nitriles is 1. The van der Waals surface area contributed by atoms with E-state index >= 15 is 0 Å². The molecule has 1 N–H and O–H groups in total. The van der Waals surface area contributed by atoms with Gasteiger partial charge in [-0.15, -0.1) is 0 Å². The monoisotopic (exact) mass is 332 g/mol. The number of ether oxygens (including phenoxy) is 2. The Morgan fingerprint density at radius 3 is 2.29 bits per heavy atom. The molecule has 1 aromatic carbocycles. The van der Waals surface area contributed by atoms with Gasteiger partial charge in [0.05, 0.1) is 18.2 Å². The zero-order valence-corrected chi connectivity index (χ0v) is 14.8. The van der Waals surface area contributed by atoms with Gasteiger partial charge in [-0.05, 0) is 37.5 Å². The van der Waals surface area contributed by atoms with E-state index in [4.69, 9.17) is 9.47 Å². The van der Waals surface area contributed by atoms with Crippen molar-refractivity contribution in [2.24, 2.45) is 5.92 Å². The Hall–Kier alpha value is -2.39. The van der Waals surface area contributed by atoms with Crippen molar-refractivity contribution >= 4 is 11.9 Å². The standard InChI is InChI=1S/C18H24N2O4/c1-12(2)18(4,11-19)20-16(21)13(3)24-17(22)15-8-6-14(7-9-15)10-23-5/h6-9,12-13H,10H2,1-5H3,(H,20,21)/t13-,18+/m0/s1.